The van der Waals surface area contributed by atoms with Gasteiger partial charge in [0.25, 0.3) is 0 Å². The number of cyclic esters (lactones) is 1. The fraction of sp³-hybridized carbons (Fsp3) is 0.0833. The Morgan fingerprint density at radius 3 is 2.44 bits per heavy atom. The number of hydrogen-bond donors (Lipinski definition) is 0. The Balaban J connectivity index is 2.38. The van der Waals surface area contributed by atoms with Crippen LogP contribution in [0.1, 0.15) is 6.92 Å². The molecule has 0 aromatic heterocycles. The molecule has 0 saturated heterocycles. The SMILES string of the molecule is CC1=CC(=O)C(=Ic2ccccc2)C(=O)O1. The Labute approximate surface area is 103 Å². The van der Waals surface area contributed by atoms with E-state index in [1.165, 1.54) is 6.08 Å². The summed E-state index contributed by atoms with van der Waals surface area (Å²) in [5.41, 5.74) is 0. The zero-order valence-corrected chi connectivity index (χ0v) is 10.7. The number of ether oxygens (including phenoxy) is 1. The summed E-state index contributed by atoms with van der Waals surface area (Å²) in [6, 6.07) is 9.55. The summed E-state index contributed by atoms with van der Waals surface area (Å²) in [7, 11) is 0. The maximum Gasteiger partial charge on any atom is 0.353 e. The van der Waals surface area contributed by atoms with Gasteiger partial charge in [0.2, 0.25) is 5.78 Å². The van der Waals surface area contributed by atoms with Gasteiger partial charge in [-0.2, -0.15) is 0 Å². The summed E-state index contributed by atoms with van der Waals surface area (Å²) >= 11 is -0.746. The average molecular weight is 328 g/mol. The van der Waals surface area contributed by atoms with E-state index in [-0.39, 0.29) is 5.78 Å². The highest BCUT2D eigenvalue weighted by molar-refractivity contribution is 14.2. The van der Waals surface area contributed by atoms with E-state index >= 15 is 0 Å². The molecule has 2 rings (SSSR count). The number of carbonyl (C=O) groups excluding carboxylic acids is 2. The first-order valence-corrected chi connectivity index (χ1v) is 6.84. The Morgan fingerprint density at radius 1 is 1.12 bits per heavy atom. The van der Waals surface area contributed by atoms with Gasteiger partial charge < -0.3 is 4.74 Å². The van der Waals surface area contributed by atoms with Crippen LogP contribution < -0.4 is 0 Å². The average Bonchev–Trinajstić information content (AvgIpc) is 2.25. The van der Waals surface area contributed by atoms with Crippen molar-refractivity contribution >= 4 is 36.0 Å². The first-order chi connectivity index (χ1) is 7.66. The normalized spacial score (nSPS) is 18.8. The fourth-order valence-electron chi connectivity index (χ4n) is 1.24. The van der Waals surface area contributed by atoms with Crippen LogP contribution in [0.25, 0.3) is 0 Å². The zero-order chi connectivity index (χ0) is 11.5. The zero-order valence-electron chi connectivity index (χ0n) is 8.57. The lowest BCUT2D eigenvalue weighted by molar-refractivity contribution is -0.132. The molecule has 0 saturated carbocycles. The summed E-state index contributed by atoms with van der Waals surface area (Å²) in [4.78, 5) is 23.2. The maximum absolute atomic E-state index is 11.6. The van der Waals surface area contributed by atoms with Crippen LogP contribution in [-0.4, -0.2) is 15.3 Å². The molecule has 3 nitrogen and oxygen atoms in total. The largest absolute Gasteiger partial charge is 0.427 e. The third kappa shape index (κ3) is 2.44. The molecule has 4 heteroatoms. The molecule has 0 amide bonds. The van der Waals surface area contributed by atoms with Crippen LogP contribution in [-0.2, 0) is 14.3 Å². The van der Waals surface area contributed by atoms with Crippen LogP contribution in [0, 0.1) is 3.57 Å². The van der Waals surface area contributed by atoms with Gasteiger partial charge in [0.15, 0.2) is 0 Å². The van der Waals surface area contributed by atoms with Gasteiger partial charge in [-0.05, 0) is 19.1 Å². The van der Waals surface area contributed by atoms with Gasteiger partial charge in [-0.3, -0.25) is 4.79 Å². The van der Waals surface area contributed by atoms with Crippen molar-refractivity contribution < 1.29 is 14.3 Å². The van der Waals surface area contributed by atoms with Gasteiger partial charge in [-0.25, -0.2) is 4.79 Å². The van der Waals surface area contributed by atoms with E-state index in [0.29, 0.717) is 9.27 Å². The third-order valence-electron chi connectivity index (χ3n) is 1.92. The molecule has 0 unspecified atom stereocenters. The molecule has 0 spiro atoms. The molecule has 0 fully saturated rings. The minimum Gasteiger partial charge on any atom is -0.427 e. The van der Waals surface area contributed by atoms with Crippen LogP contribution >= 0.6 is 20.7 Å². The van der Waals surface area contributed by atoms with Crippen molar-refractivity contribution in [2.75, 3.05) is 0 Å². The van der Waals surface area contributed by atoms with Crippen molar-refractivity contribution in [3.63, 3.8) is 0 Å². The van der Waals surface area contributed by atoms with Gasteiger partial charge in [-0.1, -0.05) is 38.9 Å². The van der Waals surface area contributed by atoms with E-state index in [2.05, 4.69) is 0 Å². The van der Waals surface area contributed by atoms with E-state index in [4.69, 9.17) is 4.74 Å². The number of allylic oxidation sites excluding steroid dienone is 2. The first kappa shape index (κ1) is 11.2. The molecular weight excluding hydrogens is 319 g/mol. The molecule has 16 heavy (non-hydrogen) atoms. The molecule has 82 valence electrons. The minimum absolute atomic E-state index is 0.203. The fourth-order valence-corrected chi connectivity index (χ4v) is 3.39. The van der Waals surface area contributed by atoms with E-state index in [1.807, 2.05) is 30.3 Å². The smallest absolute Gasteiger partial charge is 0.353 e. The second-order valence-electron chi connectivity index (χ2n) is 3.21. The Kier molecular flexibility index (Phi) is 3.28. The van der Waals surface area contributed by atoms with Crippen LogP contribution in [0.2, 0.25) is 0 Å². The third-order valence-corrected chi connectivity index (χ3v) is 4.77. The number of hydrogen-bond acceptors (Lipinski definition) is 3. The first-order valence-electron chi connectivity index (χ1n) is 4.68. The molecule has 0 aliphatic carbocycles. The molecule has 0 bridgehead atoms. The Morgan fingerprint density at radius 2 is 1.81 bits per heavy atom. The van der Waals surface area contributed by atoms with E-state index in [0.717, 1.165) is 3.57 Å². The monoisotopic (exact) mass is 328 g/mol. The van der Waals surface area contributed by atoms with Crippen LogP contribution in [0.15, 0.2) is 42.2 Å². The quantitative estimate of drug-likeness (QED) is 0.585. The lowest BCUT2D eigenvalue weighted by Crippen LogP contribution is -2.27. The van der Waals surface area contributed by atoms with Crippen molar-refractivity contribution in [2.45, 2.75) is 6.92 Å². The van der Waals surface area contributed by atoms with E-state index in [9.17, 15) is 9.59 Å². The van der Waals surface area contributed by atoms with Crippen LogP contribution in [0.4, 0.5) is 0 Å². The molecule has 1 aliphatic rings. The van der Waals surface area contributed by atoms with Crippen molar-refractivity contribution in [1.29, 1.82) is 0 Å². The van der Waals surface area contributed by atoms with Crippen molar-refractivity contribution in [3.05, 3.63) is 45.7 Å². The van der Waals surface area contributed by atoms with Crippen molar-refractivity contribution in [1.82, 2.24) is 0 Å². The van der Waals surface area contributed by atoms with Crippen LogP contribution in [0.3, 0.4) is 0 Å². The summed E-state index contributed by atoms with van der Waals surface area (Å²) in [6.45, 7) is 1.60. The number of ketones is 1. The molecule has 1 heterocycles. The summed E-state index contributed by atoms with van der Waals surface area (Å²) in [5.74, 6) is -0.317. The summed E-state index contributed by atoms with van der Waals surface area (Å²) in [6.07, 6.45) is 1.37. The lowest BCUT2D eigenvalue weighted by Gasteiger charge is -2.10. The van der Waals surface area contributed by atoms with E-state index in [1.54, 1.807) is 6.92 Å². The maximum atomic E-state index is 11.6. The molecule has 1 aromatic carbocycles. The molecular formula is C12H9IO3. The highest BCUT2D eigenvalue weighted by Crippen LogP contribution is 2.18. The van der Waals surface area contributed by atoms with Gasteiger partial charge in [0.1, 0.15) is 9.27 Å². The van der Waals surface area contributed by atoms with E-state index < -0.39 is 26.7 Å². The molecule has 1 aliphatic heterocycles. The van der Waals surface area contributed by atoms with Gasteiger partial charge >= 0.3 is 5.97 Å². The number of halogens is 1. The lowest BCUT2D eigenvalue weighted by atomic mass is 10.2. The highest BCUT2D eigenvalue weighted by Gasteiger charge is 2.24. The highest BCUT2D eigenvalue weighted by atomic mass is 127. The number of rotatable bonds is 1. The summed E-state index contributed by atoms with van der Waals surface area (Å²) < 4.78 is 6.27. The second-order valence-corrected chi connectivity index (χ2v) is 6.08. The Hall–Kier alpha value is -1.30. The van der Waals surface area contributed by atoms with Gasteiger partial charge in [0, 0.05) is 9.65 Å². The summed E-state index contributed by atoms with van der Waals surface area (Å²) in [5, 5.41) is 0. The van der Waals surface area contributed by atoms with Gasteiger partial charge in [0.05, 0.1) is 0 Å². The minimum atomic E-state index is -0.746. The van der Waals surface area contributed by atoms with Crippen LogP contribution in [0.5, 0.6) is 0 Å². The molecule has 1 aromatic rings. The molecule has 0 atom stereocenters. The number of benzene rings is 1. The predicted molar refractivity (Wildman–Crippen MR) is 69.0 cm³/mol. The van der Waals surface area contributed by atoms with Crippen molar-refractivity contribution in [2.24, 2.45) is 0 Å². The number of esters is 1. The molecule has 0 N–H and O–H groups in total. The standard InChI is InChI=1S/C12H9IO3/c1-8-7-10(14)11(12(15)16-8)13-9-5-3-2-4-6-9/h2-7H,1H3. The Bertz CT molecular complexity index is 500. The van der Waals surface area contributed by atoms with Gasteiger partial charge in [-0.15, -0.1) is 0 Å². The molecule has 0 radical (unpaired) electrons. The second kappa shape index (κ2) is 4.69. The predicted octanol–water partition coefficient (Wildman–Crippen LogP) is 2.03. The van der Waals surface area contributed by atoms with Crippen molar-refractivity contribution in [3.8, 4) is 0 Å². The number of carbonyl (C=O) groups is 2. The topological polar surface area (TPSA) is 43.4 Å².